The third kappa shape index (κ3) is 0.594. The van der Waals surface area contributed by atoms with E-state index in [1.807, 2.05) is 11.8 Å². The first kappa shape index (κ1) is 5.12. The van der Waals surface area contributed by atoms with Gasteiger partial charge in [-0.25, -0.2) is 0 Å². The van der Waals surface area contributed by atoms with Gasteiger partial charge in [0, 0.05) is 5.25 Å². The lowest BCUT2D eigenvalue weighted by Crippen LogP contribution is -2.17. The van der Waals surface area contributed by atoms with Crippen LogP contribution < -0.4 is 0 Å². The van der Waals surface area contributed by atoms with Gasteiger partial charge in [0.15, 0.2) is 0 Å². The summed E-state index contributed by atoms with van der Waals surface area (Å²) in [6, 6.07) is 0. The van der Waals surface area contributed by atoms with Crippen molar-refractivity contribution >= 4 is 11.8 Å². The number of hydrogen-bond acceptors (Lipinski definition) is 2. The highest BCUT2D eigenvalue weighted by Gasteiger charge is 2.38. The lowest BCUT2D eigenvalue weighted by molar-refractivity contribution is 0.180. The Bertz CT molecular complexity index is 103. The molecule has 1 nitrogen and oxygen atoms in total. The highest BCUT2D eigenvalue weighted by molar-refractivity contribution is 8.00. The Hall–Kier alpha value is 0.310. The Kier molecular flexibility index (Phi) is 1.05. The summed E-state index contributed by atoms with van der Waals surface area (Å²) in [6.45, 7) is 0. The predicted molar refractivity (Wildman–Crippen MR) is 35.0 cm³/mol. The molecule has 2 fully saturated rings. The van der Waals surface area contributed by atoms with Gasteiger partial charge in [-0.15, -0.1) is 0 Å². The van der Waals surface area contributed by atoms with E-state index in [0.717, 1.165) is 12.3 Å². The average molecular weight is 130 g/mol. The van der Waals surface area contributed by atoms with Crippen LogP contribution in [0, 0.1) is 5.92 Å². The second-order valence-corrected chi connectivity index (χ2v) is 4.05. The molecule has 0 amide bonds. The third-order valence-electron chi connectivity index (χ3n) is 2.12. The smallest absolute Gasteiger partial charge is 0.0661 e. The molecule has 0 radical (unpaired) electrons. The van der Waals surface area contributed by atoms with Crippen LogP contribution in [0.25, 0.3) is 0 Å². The molecule has 0 aromatic heterocycles. The monoisotopic (exact) mass is 130 g/mol. The maximum absolute atomic E-state index is 9.20. The van der Waals surface area contributed by atoms with Crippen LogP contribution in [0.3, 0.4) is 0 Å². The lowest BCUT2D eigenvalue weighted by Gasteiger charge is -2.14. The third-order valence-corrected chi connectivity index (χ3v) is 3.71. The largest absolute Gasteiger partial charge is 0.392 e. The Labute approximate surface area is 53.5 Å². The van der Waals surface area contributed by atoms with Gasteiger partial charge < -0.3 is 5.11 Å². The molecule has 0 aromatic rings. The van der Waals surface area contributed by atoms with Gasteiger partial charge in [0.1, 0.15) is 0 Å². The topological polar surface area (TPSA) is 20.2 Å². The minimum atomic E-state index is 0.0405. The zero-order valence-electron chi connectivity index (χ0n) is 4.71. The van der Waals surface area contributed by atoms with Crippen LogP contribution in [0.15, 0.2) is 0 Å². The van der Waals surface area contributed by atoms with Crippen molar-refractivity contribution in [3.05, 3.63) is 0 Å². The minimum Gasteiger partial charge on any atom is -0.392 e. The molecule has 2 aliphatic rings. The molecule has 2 rings (SSSR count). The molecule has 1 aliphatic carbocycles. The molecular weight excluding hydrogens is 120 g/mol. The molecular formula is C6H10OS. The fourth-order valence-corrected chi connectivity index (χ4v) is 3.18. The van der Waals surface area contributed by atoms with Crippen molar-refractivity contribution in [2.24, 2.45) is 5.92 Å². The summed E-state index contributed by atoms with van der Waals surface area (Å²) in [4.78, 5) is 0. The summed E-state index contributed by atoms with van der Waals surface area (Å²) in [5.74, 6) is 2.17. The van der Waals surface area contributed by atoms with Crippen LogP contribution in [0.1, 0.15) is 12.8 Å². The fraction of sp³-hybridized carbons (Fsp3) is 1.00. The van der Waals surface area contributed by atoms with E-state index < -0.39 is 0 Å². The normalized spacial score (nSPS) is 52.9. The quantitative estimate of drug-likeness (QED) is 0.525. The molecule has 1 N–H and O–H groups in total. The molecule has 46 valence electrons. The van der Waals surface area contributed by atoms with Gasteiger partial charge in [-0.1, -0.05) is 0 Å². The molecule has 2 heteroatoms. The fourth-order valence-electron chi connectivity index (χ4n) is 1.65. The van der Waals surface area contributed by atoms with E-state index in [-0.39, 0.29) is 6.10 Å². The van der Waals surface area contributed by atoms with Crippen LogP contribution in [0.2, 0.25) is 0 Å². The first-order valence-electron chi connectivity index (χ1n) is 3.16. The molecule has 1 saturated heterocycles. The SMILES string of the molecule is O[C@H]1C[C@@H]2CS[C@H]1C2. The second kappa shape index (κ2) is 1.64. The van der Waals surface area contributed by atoms with E-state index in [1.165, 1.54) is 12.2 Å². The van der Waals surface area contributed by atoms with Gasteiger partial charge in [0.05, 0.1) is 6.10 Å². The molecule has 1 heterocycles. The average Bonchev–Trinajstić information content (AvgIpc) is 2.23. The summed E-state index contributed by atoms with van der Waals surface area (Å²) in [7, 11) is 0. The summed E-state index contributed by atoms with van der Waals surface area (Å²) in [6.07, 6.45) is 2.41. The van der Waals surface area contributed by atoms with E-state index in [1.54, 1.807) is 0 Å². The number of fused-ring (bicyclic) bond motifs is 2. The Balaban J connectivity index is 2.11. The zero-order valence-corrected chi connectivity index (χ0v) is 5.53. The van der Waals surface area contributed by atoms with E-state index >= 15 is 0 Å². The van der Waals surface area contributed by atoms with E-state index in [0.29, 0.717) is 5.25 Å². The lowest BCUT2D eigenvalue weighted by atomic mass is 10.1. The summed E-state index contributed by atoms with van der Waals surface area (Å²) < 4.78 is 0. The summed E-state index contributed by atoms with van der Waals surface area (Å²) >= 11 is 1.95. The van der Waals surface area contributed by atoms with Gasteiger partial charge in [-0.2, -0.15) is 11.8 Å². The van der Waals surface area contributed by atoms with Gasteiger partial charge in [-0.05, 0) is 24.5 Å². The maximum Gasteiger partial charge on any atom is 0.0661 e. The van der Waals surface area contributed by atoms with Gasteiger partial charge in [0.25, 0.3) is 0 Å². The van der Waals surface area contributed by atoms with Crippen LogP contribution >= 0.6 is 11.8 Å². The second-order valence-electron chi connectivity index (χ2n) is 2.78. The number of rotatable bonds is 0. The molecule has 3 atom stereocenters. The van der Waals surface area contributed by atoms with Crippen molar-refractivity contribution < 1.29 is 5.11 Å². The van der Waals surface area contributed by atoms with E-state index in [2.05, 4.69) is 0 Å². The standard InChI is InChI=1S/C6H10OS/c7-5-1-4-2-6(5)8-3-4/h4-7H,1-3H2/t4-,5-,6-/m0/s1. The van der Waals surface area contributed by atoms with Crippen LogP contribution in [-0.4, -0.2) is 22.2 Å². The van der Waals surface area contributed by atoms with Crippen LogP contribution in [0.5, 0.6) is 0 Å². The first-order chi connectivity index (χ1) is 3.86. The Morgan fingerprint density at radius 1 is 1.38 bits per heavy atom. The highest BCUT2D eigenvalue weighted by atomic mass is 32.2. The Morgan fingerprint density at radius 2 is 2.25 bits per heavy atom. The van der Waals surface area contributed by atoms with Crippen molar-refractivity contribution in [3.63, 3.8) is 0 Å². The number of aliphatic hydroxyl groups excluding tert-OH is 1. The van der Waals surface area contributed by atoms with Gasteiger partial charge >= 0.3 is 0 Å². The highest BCUT2D eigenvalue weighted by Crippen LogP contribution is 2.43. The minimum absolute atomic E-state index is 0.0405. The molecule has 0 spiro atoms. The van der Waals surface area contributed by atoms with Gasteiger partial charge in [0.2, 0.25) is 0 Å². The van der Waals surface area contributed by atoms with Gasteiger partial charge in [-0.3, -0.25) is 0 Å². The molecule has 8 heavy (non-hydrogen) atoms. The van der Waals surface area contributed by atoms with Crippen molar-refractivity contribution in [3.8, 4) is 0 Å². The van der Waals surface area contributed by atoms with Crippen molar-refractivity contribution in [2.75, 3.05) is 5.75 Å². The maximum atomic E-state index is 9.20. The van der Waals surface area contributed by atoms with E-state index in [9.17, 15) is 5.11 Å². The molecule has 0 aromatic carbocycles. The summed E-state index contributed by atoms with van der Waals surface area (Å²) in [5, 5.41) is 9.81. The molecule has 1 aliphatic heterocycles. The zero-order chi connectivity index (χ0) is 5.56. The van der Waals surface area contributed by atoms with E-state index in [4.69, 9.17) is 0 Å². The number of hydrogen-bond donors (Lipinski definition) is 1. The van der Waals surface area contributed by atoms with Crippen molar-refractivity contribution in [1.29, 1.82) is 0 Å². The van der Waals surface area contributed by atoms with Crippen LogP contribution in [-0.2, 0) is 0 Å². The molecule has 2 bridgehead atoms. The number of aliphatic hydroxyl groups is 1. The van der Waals surface area contributed by atoms with Crippen molar-refractivity contribution in [1.82, 2.24) is 0 Å². The van der Waals surface area contributed by atoms with Crippen LogP contribution in [0.4, 0.5) is 0 Å². The number of thioether (sulfide) groups is 1. The molecule has 0 unspecified atom stereocenters. The summed E-state index contributed by atoms with van der Waals surface area (Å²) in [5.41, 5.74) is 0. The predicted octanol–water partition coefficient (Wildman–Crippen LogP) is 0.873. The Morgan fingerprint density at radius 3 is 2.50 bits per heavy atom. The van der Waals surface area contributed by atoms with Crippen molar-refractivity contribution in [2.45, 2.75) is 24.2 Å². The molecule has 1 saturated carbocycles. The first-order valence-corrected chi connectivity index (χ1v) is 4.21.